The summed E-state index contributed by atoms with van der Waals surface area (Å²) in [5.74, 6) is -1.76. The second-order valence-corrected chi connectivity index (χ2v) is 11.8. The molecule has 0 saturated heterocycles. The van der Waals surface area contributed by atoms with Gasteiger partial charge in [-0.25, -0.2) is 9.37 Å². The van der Waals surface area contributed by atoms with Crippen molar-refractivity contribution in [3.05, 3.63) is 81.9 Å². The second-order valence-electron chi connectivity index (χ2n) is 11.4. The standard InChI is InChI=1S/C32H30ClFN4O6/c1-16-8-19-9-18(11-24(27(19)37-13-16)43-14-26(35)40)23(39)6-7-32(3,42)25-12-20-29(44-15-31(20,2)30(36)41)28(38-25)17-4-5-22(34)21(33)10-17/h4-5,8-13,42H,6-7,14-15H2,1-3H3,(H2,35,40)(H2,36,41)/t31-,32-/m0/s1. The normalized spacial score (nSPS) is 17.0. The molecule has 2 amide bonds. The summed E-state index contributed by atoms with van der Waals surface area (Å²) in [6.45, 7) is 4.54. The number of nitrogens with two attached hydrogens (primary N) is 2. The molecule has 2 aromatic heterocycles. The van der Waals surface area contributed by atoms with Crippen molar-refractivity contribution >= 4 is 40.1 Å². The number of Topliss-reactive ketones (excluding diaryl/α,β-unsaturated/α-hetero) is 1. The number of rotatable bonds is 10. The number of ether oxygens (including phenoxy) is 2. The molecule has 12 heteroatoms. The third-order valence-electron chi connectivity index (χ3n) is 7.78. The summed E-state index contributed by atoms with van der Waals surface area (Å²) >= 11 is 6.04. The van der Waals surface area contributed by atoms with Gasteiger partial charge in [0, 0.05) is 34.7 Å². The molecule has 0 radical (unpaired) electrons. The van der Waals surface area contributed by atoms with Crippen LogP contribution in [0.3, 0.4) is 0 Å². The van der Waals surface area contributed by atoms with Gasteiger partial charge in [0.2, 0.25) is 5.91 Å². The number of aliphatic hydroxyl groups is 1. The van der Waals surface area contributed by atoms with Gasteiger partial charge < -0.3 is 26.0 Å². The first kappa shape index (κ1) is 30.8. The number of halogens is 2. The summed E-state index contributed by atoms with van der Waals surface area (Å²) in [4.78, 5) is 46.3. The molecule has 5 N–H and O–H groups in total. The molecule has 10 nitrogen and oxygen atoms in total. The van der Waals surface area contributed by atoms with Crippen molar-refractivity contribution in [1.82, 2.24) is 9.97 Å². The van der Waals surface area contributed by atoms with Crippen LogP contribution >= 0.6 is 11.6 Å². The number of amides is 2. The SMILES string of the molecule is Cc1cnc2c(OCC(N)=O)cc(C(=O)CC[C@](C)(O)c3cc4c(c(-c5ccc(F)c(Cl)c5)n3)OC[C@]4(C)C(N)=O)cc2c1. The molecule has 0 spiro atoms. The van der Waals surface area contributed by atoms with E-state index in [1.54, 1.807) is 25.3 Å². The van der Waals surface area contributed by atoms with Crippen molar-refractivity contribution < 1.29 is 33.4 Å². The van der Waals surface area contributed by atoms with Gasteiger partial charge in [-0.3, -0.25) is 19.4 Å². The van der Waals surface area contributed by atoms with E-state index in [1.165, 1.54) is 31.2 Å². The molecule has 1 aliphatic rings. The van der Waals surface area contributed by atoms with E-state index < -0.39 is 35.3 Å². The molecule has 5 rings (SSSR count). The average Bonchev–Trinajstić information content (AvgIpc) is 3.33. The van der Waals surface area contributed by atoms with Crippen molar-refractivity contribution in [2.75, 3.05) is 13.2 Å². The monoisotopic (exact) mass is 620 g/mol. The van der Waals surface area contributed by atoms with Crippen LogP contribution in [0.5, 0.6) is 11.5 Å². The number of pyridine rings is 2. The van der Waals surface area contributed by atoms with Crippen LogP contribution in [0.4, 0.5) is 4.39 Å². The van der Waals surface area contributed by atoms with Crippen molar-refractivity contribution in [2.45, 2.75) is 44.6 Å². The number of ketones is 1. The van der Waals surface area contributed by atoms with Crippen molar-refractivity contribution in [1.29, 1.82) is 0 Å². The number of hydrogen-bond acceptors (Lipinski definition) is 8. The van der Waals surface area contributed by atoms with Gasteiger partial charge in [0.05, 0.1) is 10.7 Å². The fourth-order valence-electron chi connectivity index (χ4n) is 5.08. The van der Waals surface area contributed by atoms with Gasteiger partial charge in [-0.2, -0.15) is 0 Å². The zero-order valence-electron chi connectivity index (χ0n) is 24.2. The number of carbonyl (C=O) groups is 3. The topological polar surface area (TPSA) is 168 Å². The minimum absolute atomic E-state index is 0.0538. The van der Waals surface area contributed by atoms with Gasteiger partial charge >= 0.3 is 0 Å². The molecule has 44 heavy (non-hydrogen) atoms. The lowest BCUT2D eigenvalue weighted by Gasteiger charge is -2.26. The number of aromatic nitrogens is 2. The lowest BCUT2D eigenvalue weighted by molar-refractivity contribution is -0.123. The molecular weight excluding hydrogens is 591 g/mol. The van der Waals surface area contributed by atoms with Crippen molar-refractivity contribution in [3.8, 4) is 22.8 Å². The molecule has 0 saturated carbocycles. The lowest BCUT2D eigenvalue weighted by Crippen LogP contribution is -2.40. The zero-order chi connectivity index (χ0) is 32.0. The van der Waals surface area contributed by atoms with Crippen LogP contribution in [0, 0.1) is 12.7 Å². The Morgan fingerprint density at radius 2 is 1.93 bits per heavy atom. The van der Waals surface area contributed by atoms with Gasteiger partial charge in [-0.15, -0.1) is 0 Å². The number of carbonyl (C=O) groups excluding carboxylic acids is 3. The van der Waals surface area contributed by atoms with Gasteiger partial charge in [0.1, 0.15) is 46.1 Å². The van der Waals surface area contributed by atoms with Gasteiger partial charge in [0.25, 0.3) is 5.91 Å². The minimum Gasteiger partial charge on any atom is -0.489 e. The van der Waals surface area contributed by atoms with E-state index in [1.807, 2.05) is 13.0 Å². The van der Waals surface area contributed by atoms with E-state index in [0.29, 0.717) is 27.6 Å². The minimum atomic E-state index is -1.66. The molecule has 2 atom stereocenters. The van der Waals surface area contributed by atoms with E-state index in [9.17, 15) is 23.9 Å². The quantitative estimate of drug-likeness (QED) is 0.221. The van der Waals surface area contributed by atoms with E-state index in [4.69, 9.17) is 32.5 Å². The first-order valence-corrected chi connectivity index (χ1v) is 14.1. The third kappa shape index (κ3) is 5.80. The molecule has 228 valence electrons. The predicted octanol–water partition coefficient (Wildman–Crippen LogP) is 4.27. The van der Waals surface area contributed by atoms with Crippen LogP contribution in [0.15, 0.2) is 48.7 Å². The van der Waals surface area contributed by atoms with Crippen LogP contribution in [-0.2, 0) is 20.6 Å². The van der Waals surface area contributed by atoms with Crippen LogP contribution in [0.2, 0.25) is 5.02 Å². The smallest absolute Gasteiger partial charge is 0.255 e. The Balaban J connectivity index is 1.50. The Morgan fingerprint density at radius 3 is 2.61 bits per heavy atom. The Kier molecular flexibility index (Phi) is 8.04. The largest absolute Gasteiger partial charge is 0.489 e. The highest BCUT2D eigenvalue weighted by Crippen LogP contribution is 2.46. The molecule has 4 aromatic rings. The molecule has 3 heterocycles. The summed E-state index contributed by atoms with van der Waals surface area (Å²) < 4.78 is 25.4. The maximum absolute atomic E-state index is 14.0. The number of hydrogen-bond donors (Lipinski definition) is 3. The number of nitrogens with zero attached hydrogens (tertiary/aromatic N) is 2. The van der Waals surface area contributed by atoms with E-state index >= 15 is 0 Å². The van der Waals surface area contributed by atoms with Crippen LogP contribution in [-0.4, -0.2) is 45.9 Å². The summed E-state index contributed by atoms with van der Waals surface area (Å²) in [5.41, 5.74) is 10.9. The van der Waals surface area contributed by atoms with E-state index in [-0.39, 0.29) is 53.1 Å². The summed E-state index contributed by atoms with van der Waals surface area (Å²) in [7, 11) is 0. The molecule has 0 fully saturated rings. The Hall–Kier alpha value is -4.61. The summed E-state index contributed by atoms with van der Waals surface area (Å²) in [6, 6.07) is 10.6. The molecule has 1 aliphatic heterocycles. The zero-order valence-corrected chi connectivity index (χ0v) is 25.0. The Bertz CT molecular complexity index is 1850. The number of benzene rings is 2. The molecular formula is C32H30ClFN4O6. The fourth-order valence-corrected chi connectivity index (χ4v) is 5.26. The van der Waals surface area contributed by atoms with Crippen LogP contribution in [0.25, 0.3) is 22.2 Å². The average molecular weight is 621 g/mol. The maximum atomic E-state index is 14.0. The highest BCUT2D eigenvalue weighted by Gasteiger charge is 2.45. The summed E-state index contributed by atoms with van der Waals surface area (Å²) in [5, 5.41) is 12.1. The number of fused-ring (bicyclic) bond motifs is 2. The van der Waals surface area contributed by atoms with Crippen molar-refractivity contribution in [2.24, 2.45) is 11.5 Å². The second kappa shape index (κ2) is 11.5. The highest BCUT2D eigenvalue weighted by molar-refractivity contribution is 6.31. The molecule has 0 aliphatic carbocycles. The first-order chi connectivity index (χ1) is 20.7. The lowest BCUT2D eigenvalue weighted by atomic mass is 9.81. The molecule has 0 unspecified atom stereocenters. The molecule has 2 aromatic carbocycles. The fraction of sp³-hybridized carbons (Fsp3) is 0.281. The molecule has 0 bridgehead atoms. The Morgan fingerprint density at radius 1 is 1.18 bits per heavy atom. The van der Waals surface area contributed by atoms with Crippen LogP contribution < -0.4 is 20.9 Å². The highest BCUT2D eigenvalue weighted by atomic mass is 35.5. The number of primary amides is 2. The van der Waals surface area contributed by atoms with Crippen molar-refractivity contribution in [3.63, 3.8) is 0 Å². The van der Waals surface area contributed by atoms with Gasteiger partial charge in [-0.05, 0) is 75.2 Å². The number of aryl methyl sites for hydroxylation is 1. The van der Waals surface area contributed by atoms with Crippen LogP contribution in [0.1, 0.15) is 53.9 Å². The maximum Gasteiger partial charge on any atom is 0.255 e. The van der Waals surface area contributed by atoms with Gasteiger partial charge in [0.15, 0.2) is 12.4 Å². The predicted molar refractivity (Wildman–Crippen MR) is 161 cm³/mol. The van der Waals surface area contributed by atoms with E-state index in [2.05, 4.69) is 9.97 Å². The van der Waals surface area contributed by atoms with Gasteiger partial charge in [-0.1, -0.05) is 11.6 Å². The first-order valence-electron chi connectivity index (χ1n) is 13.7. The third-order valence-corrected chi connectivity index (χ3v) is 8.07. The Labute approximate surface area is 257 Å². The summed E-state index contributed by atoms with van der Waals surface area (Å²) in [6.07, 6.45) is 1.48. The van der Waals surface area contributed by atoms with E-state index in [0.717, 1.165) is 5.56 Å².